The summed E-state index contributed by atoms with van der Waals surface area (Å²) in [5, 5.41) is 2.56. The highest BCUT2D eigenvalue weighted by Crippen LogP contribution is 2.51. The lowest BCUT2D eigenvalue weighted by Crippen LogP contribution is -2.15. The second-order valence-corrected chi connectivity index (χ2v) is 10.7. The van der Waals surface area contributed by atoms with Gasteiger partial charge in [-0.15, -0.1) is 11.3 Å². The highest BCUT2D eigenvalue weighted by molar-refractivity contribution is 7.22. The van der Waals surface area contributed by atoms with Crippen molar-refractivity contribution >= 4 is 32.3 Å². The average molecular weight is 507 g/mol. The fourth-order valence-corrected chi connectivity index (χ4v) is 7.00. The van der Waals surface area contributed by atoms with Gasteiger partial charge in [-0.25, -0.2) is 15.0 Å². The van der Waals surface area contributed by atoms with Crippen LogP contribution in [0.1, 0.15) is 22.9 Å². The summed E-state index contributed by atoms with van der Waals surface area (Å²) in [5.74, 6) is 2.25. The minimum Gasteiger partial charge on any atom is -0.354 e. The first kappa shape index (κ1) is 21.5. The molecular formula is C33H22N4S. The van der Waals surface area contributed by atoms with Crippen molar-refractivity contribution in [1.82, 2.24) is 19.9 Å². The van der Waals surface area contributed by atoms with E-state index >= 15 is 0 Å². The number of hydrogen-bond donors (Lipinski definition) is 1. The van der Waals surface area contributed by atoms with Gasteiger partial charge in [0.25, 0.3) is 0 Å². The van der Waals surface area contributed by atoms with Crippen LogP contribution in [0.25, 0.3) is 54.3 Å². The predicted molar refractivity (Wildman–Crippen MR) is 155 cm³/mol. The van der Waals surface area contributed by atoms with E-state index in [0.29, 0.717) is 11.6 Å². The number of nitrogens with one attached hydrogen (secondary N) is 1. The zero-order chi connectivity index (χ0) is 25.1. The molecule has 0 amide bonds. The number of thiophene rings is 1. The standard InChI is InChI=1S/C33H22N4S/c1-3-11-20(12-4-1)31-35-32(21-13-5-2-6-14-21)37-33(36-31)25-19-24-22-15-7-9-17-26(22)34-29(24)30-28(25)23-16-8-10-18-27(23)38-30/h1-18,25,34H,19H2. The molecule has 0 bridgehead atoms. The molecule has 0 spiro atoms. The molecule has 7 aromatic rings. The van der Waals surface area contributed by atoms with Crippen LogP contribution in [0.2, 0.25) is 0 Å². The first-order chi connectivity index (χ1) is 18.8. The SMILES string of the molecule is c1ccc(-c2nc(-c3ccccc3)nc(C3Cc4c([nH]c5ccccc45)-c4sc5ccccc5c43)n2)cc1. The third-order valence-electron chi connectivity index (χ3n) is 7.46. The van der Waals surface area contributed by atoms with Crippen LogP contribution in [0, 0.1) is 0 Å². The van der Waals surface area contributed by atoms with Gasteiger partial charge in [-0.1, -0.05) is 97.1 Å². The highest BCUT2D eigenvalue weighted by atomic mass is 32.1. The first-order valence-corrected chi connectivity index (χ1v) is 13.6. The maximum absolute atomic E-state index is 5.15. The molecule has 4 nitrogen and oxygen atoms in total. The zero-order valence-corrected chi connectivity index (χ0v) is 21.2. The van der Waals surface area contributed by atoms with Crippen molar-refractivity contribution in [3.8, 4) is 33.3 Å². The molecule has 3 heterocycles. The number of nitrogens with zero attached hydrogens (tertiary/aromatic N) is 3. The van der Waals surface area contributed by atoms with E-state index in [9.17, 15) is 0 Å². The van der Waals surface area contributed by atoms with Crippen LogP contribution in [-0.4, -0.2) is 19.9 Å². The molecule has 0 radical (unpaired) electrons. The van der Waals surface area contributed by atoms with Crippen molar-refractivity contribution < 1.29 is 0 Å². The molecule has 1 aliphatic carbocycles. The molecule has 1 unspecified atom stereocenters. The number of rotatable bonds is 3. The van der Waals surface area contributed by atoms with Crippen molar-refractivity contribution in [3.63, 3.8) is 0 Å². The maximum Gasteiger partial charge on any atom is 0.163 e. The summed E-state index contributed by atoms with van der Waals surface area (Å²) in [7, 11) is 0. The molecule has 5 heteroatoms. The number of benzene rings is 4. The monoisotopic (exact) mass is 506 g/mol. The molecule has 1 aliphatic rings. The van der Waals surface area contributed by atoms with Gasteiger partial charge in [0.2, 0.25) is 0 Å². The van der Waals surface area contributed by atoms with Crippen molar-refractivity contribution in [1.29, 1.82) is 0 Å². The minimum atomic E-state index is 0.0146. The van der Waals surface area contributed by atoms with Crippen LogP contribution in [0.5, 0.6) is 0 Å². The summed E-state index contributed by atoms with van der Waals surface area (Å²) in [4.78, 5) is 20.3. The van der Waals surface area contributed by atoms with Gasteiger partial charge in [0.15, 0.2) is 11.6 Å². The van der Waals surface area contributed by atoms with Crippen LogP contribution < -0.4 is 0 Å². The largest absolute Gasteiger partial charge is 0.354 e. The fourth-order valence-electron chi connectivity index (χ4n) is 5.71. The van der Waals surface area contributed by atoms with Crippen LogP contribution in [-0.2, 0) is 6.42 Å². The summed E-state index contributed by atoms with van der Waals surface area (Å²) >= 11 is 1.85. The van der Waals surface area contributed by atoms with Gasteiger partial charge >= 0.3 is 0 Å². The minimum absolute atomic E-state index is 0.0146. The topological polar surface area (TPSA) is 54.5 Å². The molecule has 3 aromatic heterocycles. The summed E-state index contributed by atoms with van der Waals surface area (Å²) in [6.07, 6.45) is 0.833. The van der Waals surface area contributed by atoms with Crippen molar-refractivity contribution in [2.24, 2.45) is 0 Å². The Hall–Kier alpha value is -4.61. The van der Waals surface area contributed by atoms with Gasteiger partial charge in [-0.3, -0.25) is 0 Å². The molecule has 0 saturated heterocycles. The van der Waals surface area contributed by atoms with Gasteiger partial charge in [0.05, 0.1) is 16.5 Å². The summed E-state index contributed by atoms with van der Waals surface area (Å²) in [5.41, 5.74) is 7.05. The number of aromatic nitrogens is 4. The van der Waals surface area contributed by atoms with E-state index in [0.717, 1.165) is 23.4 Å². The number of aromatic amines is 1. The third-order valence-corrected chi connectivity index (χ3v) is 8.66. The molecule has 1 N–H and O–H groups in total. The Morgan fingerprint density at radius 1 is 0.632 bits per heavy atom. The second kappa shape index (κ2) is 8.47. The summed E-state index contributed by atoms with van der Waals surface area (Å²) in [6.45, 7) is 0. The quantitative estimate of drug-likeness (QED) is 0.262. The van der Waals surface area contributed by atoms with E-state index in [2.05, 4.69) is 77.8 Å². The maximum atomic E-state index is 5.15. The first-order valence-electron chi connectivity index (χ1n) is 12.8. The van der Waals surface area contributed by atoms with Crippen molar-refractivity contribution in [2.75, 3.05) is 0 Å². The molecule has 0 saturated carbocycles. The number of H-pyrrole nitrogens is 1. The van der Waals surface area contributed by atoms with Gasteiger partial charge in [-0.2, -0.15) is 0 Å². The van der Waals surface area contributed by atoms with Crippen molar-refractivity contribution in [2.45, 2.75) is 12.3 Å². The lowest BCUT2D eigenvalue weighted by Gasteiger charge is -2.23. The van der Waals surface area contributed by atoms with Crippen LogP contribution in [0.15, 0.2) is 109 Å². The van der Waals surface area contributed by atoms with E-state index in [1.165, 1.54) is 42.7 Å². The van der Waals surface area contributed by atoms with Gasteiger partial charge < -0.3 is 4.98 Å². The second-order valence-electron chi connectivity index (χ2n) is 9.69. The predicted octanol–water partition coefficient (Wildman–Crippen LogP) is 8.26. The van der Waals surface area contributed by atoms with E-state index in [-0.39, 0.29) is 5.92 Å². The summed E-state index contributed by atoms with van der Waals surface area (Å²) < 4.78 is 1.29. The molecule has 0 aliphatic heterocycles. The Morgan fingerprint density at radius 3 is 1.95 bits per heavy atom. The lowest BCUT2D eigenvalue weighted by molar-refractivity contribution is 0.734. The Kier molecular flexibility index (Phi) is 4.79. The molecule has 38 heavy (non-hydrogen) atoms. The van der Waals surface area contributed by atoms with E-state index < -0.39 is 0 Å². The molecule has 0 fully saturated rings. The molecule has 4 aromatic carbocycles. The van der Waals surface area contributed by atoms with Crippen molar-refractivity contribution in [3.05, 3.63) is 126 Å². The molecule has 180 valence electrons. The van der Waals surface area contributed by atoms with Gasteiger partial charge in [0, 0.05) is 26.7 Å². The van der Waals surface area contributed by atoms with Crippen LogP contribution in [0.4, 0.5) is 0 Å². The number of fused-ring (bicyclic) bond motifs is 7. The zero-order valence-electron chi connectivity index (χ0n) is 20.4. The smallest absolute Gasteiger partial charge is 0.163 e. The normalized spacial score (nSPS) is 14.5. The van der Waals surface area contributed by atoms with Gasteiger partial charge in [0.1, 0.15) is 5.82 Å². The van der Waals surface area contributed by atoms with Crippen LogP contribution in [0.3, 0.4) is 0 Å². The highest BCUT2D eigenvalue weighted by Gasteiger charge is 2.34. The molecule has 1 atom stereocenters. The third kappa shape index (κ3) is 3.32. The van der Waals surface area contributed by atoms with Gasteiger partial charge in [-0.05, 0) is 35.1 Å². The molecular weight excluding hydrogens is 484 g/mol. The van der Waals surface area contributed by atoms with Crippen LogP contribution >= 0.6 is 11.3 Å². The Morgan fingerprint density at radius 2 is 1.24 bits per heavy atom. The van der Waals surface area contributed by atoms with E-state index in [1.54, 1.807) is 0 Å². The molecule has 8 rings (SSSR count). The van der Waals surface area contributed by atoms with E-state index in [4.69, 9.17) is 15.0 Å². The summed E-state index contributed by atoms with van der Waals surface area (Å²) in [6, 6.07) is 37.8. The number of hydrogen-bond acceptors (Lipinski definition) is 4. The van der Waals surface area contributed by atoms with E-state index in [1.807, 2.05) is 47.7 Å². The Balaban J connectivity index is 1.41. The fraction of sp³-hybridized carbons (Fsp3) is 0.0606. The number of para-hydroxylation sites is 1. The lowest BCUT2D eigenvalue weighted by atomic mass is 9.83. The Bertz CT molecular complexity index is 1900. The average Bonchev–Trinajstić information content (AvgIpc) is 3.56. The Labute approximate surface area is 223 Å².